The third-order valence-corrected chi connectivity index (χ3v) is 0.642. The predicted octanol–water partition coefficient (Wildman–Crippen LogP) is -4.10. The molecule has 13 nitrogen and oxygen atoms in total. The van der Waals surface area contributed by atoms with Crippen molar-refractivity contribution in [3.63, 3.8) is 0 Å². The van der Waals surface area contributed by atoms with Crippen LogP contribution in [-0.4, -0.2) is 109 Å². The molecule has 0 rings (SSSR count). The molecule has 0 bridgehead atoms. The minimum atomic E-state index is -1.08. The molecule has 14 heteroatoms. The summed E-state index contributed by atoms with van der Waals surface area (Å²) in [6, 6.07) is 0. The Hall–Kier alpha value is -1.51. The van der Waals surface area contributed by atoms with E-state index in [1.54, 1.807) is 0 Å². The Labute approximate surface area is 194 Å². The third kappa shape index (κ3) is 2180. The molecule has 0 aromatic carbocycles. The molecule has 0 saturated heterocycles. The average molecular weight is 441 g/mol. The summed E-state index contributed by atoms with van der Waals surface area (Å²) < 4.78 is 0. The van der Waals surface area contributed by atoms with Crippen molar-refractivity contribution in [2.24, 2.45) is 11.5 Å². The largest absolute Gasteiger partial charge is 2.00 e. The van der Waals surface area contributed by atoms with Crippen LogP contribution in [-0.2, 0) is 24.0 Å². The van der Waals surface area contributed by atoms with E-state index in [0.29, 0.717) is 13.1 Å². The van der Waals surface area contributed by atoms with Crippen molar-refractivity contribution in [1.82, 2.24) is 5.32 Å². The van der Waals surface area contributed by atoms with Gasteiger partial charge in [0.05, 0.1) is 0 Å². The van der Waals surface area contributed by atoms with Crippen LogP contribution in [0.2, 0.25) is 0 Å². The summed E-state index contributed by atoms with van der Waals surface area (Å²) in [4.78, 5) is 44.8. The van der Waals surface area contributed by atoms with Gasteiger partial charge in [0, 0.05) is 58.9 Å². The van der Waals surface area contributed by atoms with Crippen LogP contribution in [0.4, 0.5) is 0 Å². The molecule has 0 aliphatic heterocycles. The van der Waals surface area contributed by atoms with Gasteiger partial charge in [-0.3, -0.25) is 14.4 Å². The van der Waals surface area contributed by atoms with Crippen molar-refractivity contribution < 1.29 is 49.5 Å². The number of carboxylic acids is 5. The average Bonchev–Trinajstić information content (AvgIpc) is 2.35. The Kier molecular flexibility index (Phi) is 72.4. The van der Waals surface area contributed by atoms with Gasteiger partial charge < -0.3 is 51.9 Å². The molecule has 0 radical (unpaired) electrons. The van der Waals surface area contributed by atoms with E-state index in [2.05, 4.69) is 5.32 Å². The number of carboxylic acid groups (broad SMARTS) is 5. The maximum atomic E-state index is 9.00. The quantitative estimate of drug-likeness (QED) is 0.179. The van der Waals surface area contributed by atoms with E-state index >= 15 is 0 Å². The van der Waals surface area contributed by atoms with Gasteiger partial charge in [0.2, 0.25) is 0 Å². The molecule has 0 spiro atoms. The molecule has 0 unspecified atom stereocenters. The molecule has 0 amide bonds. The minimum absolute atomic E-state index is 0. The first-order chi connectivity index (χ1) is 12.1. The molecule has 0 fully saturated rings. The second-order valence-electron chi connectivity index (χ2n) is 3.87. The monoisotopic (exact) mass is 441 g/mol. The summed E-state index contributed by atoms with van der Waals surface area (Å²) in [6.07, 6.45) is 0. The number of carbonyl (C=O) groups excluding carboxylic acids is 2. The molecular formula is C14H31CaN3O10. The molecule has 164 valence electrons. The Morgan fingerprint density at radius 2 is 0.786 bits per heavy atom. The van der Waals surface area contributed by atoms with Crippen molar-refractivity contribution >= 4 is 67.6 Å². The van der Waals surface area contributed by atoms with Crippen LogP contribution in [0.15, 0.2) is 0 Å². The Balaban J connectivity index is -0.0000000382. The zero-order valence-electron chi connectivity index (χ0n) is 16.9. The van der Waals surface area contributed by atoms with Crippen LogP contribution >= 0.6 is 0 Å². The van der Waals surface area contributed by atoms with Crippen LogP contribution < -0.4 is 27.0 Å². The van der Waals surface area contributed by atoms with Crippen LogP contribution in [0.3, 0.4) is 0 Å². The number of aliphatic carboxylic acids is 5. The smallest absolute Gasteiger partial charge is 0.550 e. The first-order valence-corrected chi connectivity index (χ1v) is 7.12. The molecule has 0 aromatic rings. The zero-order chi connectivity index (χ0) is 23.4. The Morgan fingerprint density at radius 3 is 0.857 bits per heavy atom. The predicted molar refractivity (Wildman–Crippen MR) is 98.0 cm³/mol. The Morgan fingerprint density at radius 1 is 0.679 bits per heavy atom. The molecule has 0 aliphatic rings. The van der Waals surface area contributed by atoms with Crippen molar-refractivity contribution in [2.75, 3.05) is 26.2 Å². The van der Waals surface area contributed by atoms with Crippen LogP contribution in [0.5, 0.6) is 0 Å². The fourth-order valence-electron chi connectivity index (χ4n) is 0.329. The molecule has 0 saturated carbocycles. The van der Waals surface area contributed by atoms with Gasteiger partial charge in [-0.25, -0.2) is 0 Å². The normalized spacial score (nSPS) is 6.82. The van der Waals surface area contributed by atoms with Gasteiger partial charge in [-0.2, -0.15) is 0 Å². The SMILES string of the molecule is CC(=O)O.CC(=O)O.CC(=O)O.CC(=O)[O-].CC(=O)[O-].NCCNCCN.[Ca+2]. The second kappa shape index (κ2) is 44.7. The molecular weight excluding hydrogens is 410 g/mol. The van der Waals surface area contributed by atoms with E-state index in [1.165, 1.54) is 0 Å². The van der Waals surface area contributed by atoms with Crippen molar-refractivity contribution in [3.8, 4) is 0 Å². The number of hydrogen-bond donors (Lipinski definition) is 6. The van der Waals surface area contributed by atoms with Gasteiger partial charge >= 0.3 is 37.7 Å². The Bertz CT molecular complexity index is 289. The van der Waals surface area contributed by atoms with E-state index in [0.717, 1.165) is 47.7 Å². The van der Waals surface area contributed by atoms with Crippen molar-refractivity contribution in [1.29, 1.82) is 0 Å². The van der Waals surface area contributed by atoms with Gasteiger partial charge in [-0.1, -0.05) is 0 Å². The molecule has 0 aliphatic carbocycles. The molecule has 0 aromatic heterocycles. The summed E-state index contributed by atoms with van der Waals surface area (Å²) in [7, 11) is 0. The number of nitrogens with two attached hydrogens (primary N) is 2. The van der Waals surface area contributed by atoms with Gasteiger partial charge in [0.1, 0.15) is 0 Å². The van der Waals surface area contributed by atoms with E-state index in [1.807, 2.05) is 0 Å². The van der Waals surface area contributed by atoms with E-state index in [4.69, 9.17) is 61.0 Å². The zero-order valence-corrected chi connectivity index (χ0v) is 19.1. The number of nitrogens with one attached hydrogen (secondary N) is 1. The summed E-state index contributed by atoms with van der Waals surface area (Å²) >= 11 is 0. The number of hydrogen-bond acceptors (Lipinski definition) is 10. The van der Waals surface area contributed by atoms with E-state index in [9.17, 15) is 0 Å². The van der Waals surface area contributed by atoms with Crippen LogP contribution in [0.1, 0.15) is 34.6 Å². The second-order valence-corrected chi connectivity index (χ2v) is 3.87. The van der Waals surface area contributed by atoms with Crippen LogP contribution in [0, 0.1) is 0 Å². The van der Waals surface area contributed by atoms with Gasteiger partial charge in [-0.15, -0.1) is 0 Å². The summed E-state index contributed by atoms with van der Waals surface area (Å²) in [6.45, 7) is 8.33. The van der Waals surface area contributed by atoms with Gasteiger partial charge in [0.15, 0.2) is 0 Å². The summed E-state index contributed by atoms with van der Waals surface area (Å²) in [5.74, 6) is -4.67. The molecule has 28 heavy (non-hydrogen) atoms. The topological polar surface area (TPSA) is 256 Å². The maximum Gasteiger partial charge on any atom is 2.00 e. The summed E-state index contributed by atoms with van der Waals surface area (Å²) in [5, 5.41) is 43.1. The van der Waals surface area contributed by atoms with Gasteiger partial charge in [0.25, 0.3) is 17.9 Å². The fourth-order valence-corrected chi connectivity index (χ4v) is 0.329. The van der Waals surface area contributed by atoms with Crippen LogP contribution in [0.25, 0.3) is 0 Å². The molecule has 0 atom stereocenters. The molecule has 8 N–H and O–H groups in total. The minimum Gasteiger partial charge on any atom is -0.550 e. The van der Waals surface area contributed by atoms with Crippen molar-refractivity contribution in [3.05, 3.63) is 0 Å². The fraction of sp³-hybridized carbons (Fsp3) is 0.643. The van der Waals surface area contributed by atoms with E-state index < -0.39 is 29.8 Å². The first-order valence-electron chi connectivity index (χ1n) is 7.12. The third-order valence-electron chi connectivity index (χ3n) is 0.642. The first kappa shape index (κ1) is 45.3. The maximum absolute atomic E-state index is 9.00. The standard InChI is InChI=1S/C4H13N3.5C2H4O2.Ca/c5-1-3-7-4-2-6;5*1-2(3)4;/h7H,1-6H2;5*1H3,(H,3,4);/q;;;;;;+2/p-2. The van der Waals surface area contributed by atoms with Gasteiger partial charge in [-0.05, 0) is 13.8 Å². The molecule has 0 heterocycles. The summed E-state index contributed by atoms with van der Waals surface area (Å²) in [5.41, 5.74) is 10.3. The van der Waals surface area contributed by atoms with Crippen molar-refractivity contribution in [2.45, 2.75) is 34.6 Å². The number of carbonyl (C=O) groups is 5. The number of rotatable bonds is 4. The van der Waals surface area contributed by atoms with E-state index in [-0.39, 0.29) is 37.7 Å².